The molecule has 2 fully saturated rings. The van der Waals surface area contributed by atoms with E-state index in [1.165, 1.54) is 4.90 Å². The fourth-order valence-electron chi connectivity index (χ4n) is 3.02. The molecule has 0 unspecified atom stereocenters. The first-order chi connectivity index (χ1) is 11.4. The highest BCUT2D eigenvalue weighted by molar-refractivity contribution is 5.98. The van der Waals surface area contributed by atoms with Crippen LogP contribution in [0.3, 0.4) is 0 Å². The van der Waals surface area contributed by atoms with Gasteiger partial charge in [0.15, 0.2) is 0 Å². The molecule has 0 aromatic heterocycles. The van der Waals surface area contributed by atoms with Crippen LogP contribution in [0.1, 0.15) is 16.8 Å². The maximum Gasteiger partial charge on any atom is 0.254 e. The van der Waals surface area contributed by atoms with E-state index in [1.54, 1.807) is 0 Å². The van der Waals surface area contributed by atoms with E-state index in [0.717, 1.165) is 18.2 Å². The van der Waals surface area contributed by atoms with Crippen LogP contribution < -0.4 is 10.6 Å². The molecule has 0 radical (unpaired) electrons. The molecule has 2 heterocycles. The average Bonchev–Trinajstić information content (AvgIpc) is 2.97. The first-order valence-corrected chi connectivity index (χ1v) is 7.38. The van der Waals surface area contributed by atoms with Crippen molar-refractivity contribution in [2.24, 2.45) is 0 Å². The van der Waals surface area contributed by atoms with Crippen molar-refractivity contribution in [1.82, 2.24) is 15.5 Å². The quantitative estimate of drug-likeness (QED) is 0.668. The molecule has 1 aromatic rings. The van der Waals surface area contributed by atoms with Crippen LogP contribution in [-0.4, -0.2) is 59.0 Å². The zero-order valence-corrected chi connectivity index (χ0v) is 12.5. The Morgan fingerprint density at radius 2 is 2.12 bits per heavy atom. The van der Waals surface area contributed by atoms with Crippen LogP contribution in [0, 0.1) is 11.6 Å². The summed E-state index contributed by atoms with van der Waals surface area (Å²) in [6.07, 6.45) is 0.165. The Hall–Kier alpha value is -2.55. The Morgan fingerprint density at radius 3 is 2.83 bits per heavy atom. The molecule has 2 aliphatic heterocycles. The number of piperazine rings is 1. The molecule has 0 saturated carbocycles. The second-order valence-corrected chi connectivity index (χ2v) is 5.78. The zero-order chi connectivity index (χ0) is 17.4. The molecule has 128 valence electrons. The molecule has 3 atom stereocenters. The summed E-state index contributed by atoms with van der Waals surface area (Å²) < 4.78 is 26.8. The Morgan fingerprint density at radius 1 is 1.38 bits per heavy atom. The van der Waals surface area contributed by atoms with Crippen molar-refractivity contribution >= 4 is 17.7 Å². The van der Waals surface area contributed by atoms with Crippen molar-refractivity contribution in [1.29, 1.82) is 0 Å². The first kappa shape index (κ1) is 16.3. The minimum absolute atomic E-state index is 0.0656. The number of benzene rings is 1. The summed E-state index contributed by atoms with van der Waals surface area (Å²) in [5, 5.41) is 14.0. The van der Waals surface area contributed by atoms with Gasteiger partial charge in [-0.3, -0.25) is 14.4 Å². The summed E-state index contributed by atoms with van der Waals surface area (Å²) in [5.74, 6) is -3.27. The summed E-state index contributed by atoms with van der Waals surface area (Å²) in [5.41, 5.74) is -0.441. The molecule has 24 heavy (non-hydrogen) atoms. The second kappa shape index (κ2) is 6.16. The first-order valence-electron chi connectivity index (χ1n) is 7.38. The van der Waals surface area contributed by atoms with Gasteiger partial charge in [0.25, 0.3) is 5.91 Å². The highest BCUT2D eigenvalue weighted by atomic mass is 19.1. The van der Waals surface area contributed by atoms with Crippen LogP contribution in [0.15, 0.2) is 18.2 Å². The lowest BCUT2D eigenvalue weighted by atomic mass is 10.1. The van der Waals surface area contributed by atoms with E-state index in [4.69, 9.17) is 5.11 Å². The Bertz CT molecular complexity index is 712. The summed E-state index contributed by atoms with van der Waals surface area (Å²) in [6, 6.07) is 0.224. The van der Waals surface area contributed by atoms with E-state index in [1.807, 2.05) is 0 Å². The number of carbonyl (C=O) groups excluding carboxylic acids is 3. The molecule has 0 bridgehead atoms. The third-order valence-corrected chi connectivity index (χ3v) is 4.19. The number of halogens is 2. The van der Waals surface area contributed by atoms with Crippen LogP contribution >= 0.6 is 0 Å². The predicted molar refractivity (Wildman–Crippen MR) is 76.7 cm³/mol. The summed E-state index contributed by atoms with van der Waals surface area (Å²) in [6.45, 7) is -0.449. The second-order valence-electron chi connectivity index (χ2n) is 5.78. The number of nitrogens with one attached hydrogen (secondary N) is 2. The molecule has 7 nitrogen and oxygen atoms in total. The molecule has 3 N–H and O–H groups in total. The third kappa shape index (κ3) is 2.82. The lowest BCUT2D eigenvalue weighted by Gasteiger charge is -2.33. The number of amides is 3. The number of hydrogen-bond acceptors (Lipinski definition) is 4. The van der Waals surface area contributed by atoms with E-state index in [2.05, 4.69) is 10.6 Å². The predicted octanol–water partition coefficient (Wildman–Crippen LogP) is -0.845. The van der Waals surface area contributed by atoms with E-state index in [0.29, 0.717) is 0 Å². The minimum atomic E-state index is -0.996. The SMILES string of the molecule is O=C(N[C@H]1C[C@H]2C(=O)N[C@H](CO)C(=O)N2C1)c1cc(F)ccc1F. The Labute approximate surface area is 135 Å². The van der Waals surface area contributed by atoms with Crippen LogP contribution in [0.25, 0.3) is 0 Å². The molecule has 3 amide bonds. The van der Waals surface area contributed by atoms with Gasteiger partial charge in [-0.25, -0.2) is 8.78 Å². The molecule has 9 heteroatoms. The smallest absolute Gasteiger partial charge is 0.254 e. The van der Waals surface area contributed by atoms with Gasteiger partial charge in [0.1, 0.15) is 23.7 Å². The van der Waals surface area contributed by atoms with Gasteiger partial charge >= 0.3 is 0 Å². The van der Waals surface area contributed by atoms with Crippen molar-refractivity contribution in [3.8, 4) is 0 Å². The van der Waals surface area contributed by atoms with Gasteiger partial charge in [-0.2, -0.15) is 0 Å². The van der Waals surface area contributed by atoms with Crippen molar-refractivity contribution in [2.75, 3.05) is 13.2 Å². The van der Waals surface area contributed by atoms with Gasteiger partial charge in [-0.1, -0.05) is 0 Å². The highest BCUT2D eigenvalue weighted by Crippen LogP contribution is 2.23. The lowest BCUT2D eigenvalue weighted by molar-refractivity contribution is -0.148. The highest BCUT2D eigenvalue weighted by Gasteiger charge is 2.46. The normalized spacial score (nSPS) is 26.1. The number of nitrogens with zero attached hydrogens (tertiary/aromatic N) is 1. The molecular weight excluding hydrogens is 324 g/mol. The topological polar surface area (TPSA) is 98.7 Å². The largest absolute Gasteiger partial charge is 0.394 e. The standard InChI is InChI=1S/C15H15F2N3O4/c16-7-1-2-10(17)9(3-7)13(22)18-8-4-12-14(23)19-11(6-21)15(24)20(12)5-8/h1-3,8,11-12,21H,4-6H2,(H,18,22)(H,19,23)/t8-,11+,12-/m0/s1. The molecule has 3 rings (SSSR count). The van der Waals surface area contributed by atoms with Crippen molar-refractivity contribution < 1.29 is 28.3 Å². The molecule has 0 spiro atoms. The number of rotatable bonds is 3. The maximum atomic E-state index is 13.6. The summed E-state index contributed by atoms with van der Waals surface area (Å²) >= 11 is 0. The van der Waals surface area contributed by atoms with Crippen LogP contribution in [-0.2, 0) is 9.59 Å². The number of aliphatic hydroxyl groups excluding tert-OH is 1. The lowest BCUT2D eigenvalue weighted by Crippen LogP contribution is -2.62. The Balaban J connectivity index is 1.72. The number of hydrogen-bond donors (Lipinski definition) is 3. The molecule has 0 aliphatic carbocycles. The van der Waals surface area contributed by atoms with Crippen molar-refractivity contribution in [3.05, 3.63) is 35.4 Å². The van der Waals surface area contributed by atoms with Gasteiger partial charge in [-0.15, -0.1) is 0 Å². The number of fused-ring (bicyclic) bond motifs is 1. The Kier molecular flexibility index (Phi) is 4.18. The van der Waals surface area contributed by atoms with Gasteiger partial charge in [-0.05, 0) is 24.6 Å². The zero-order valence-electron chi connectivity index (χ0n) is 12.5. The van der Waals surface area contributed by atoms with Gasteiger partial charge in [0.2, 0.25) is 11.8 Å². The minimum Gasteiger partial charge on any atom is -0.394 e. The third-order valence-electron chi connectivity index (χ3n) is 4.19. The van der Waals surface area contributed by atoms with Crippen molar-refractivity contribution in [3.63, 3.8) is 0 Å². The van der Waals surface area contributed by atoms with E-state index in [-0.39, 0.29) is 13.0 Å². The molecular formula is C15H15F2N3O4. The maximum absolute atomic E-state index is 13.6. The molecule has 1 aromatic carbocycles. The fraction of sp³-hybridized carbons (Fsp3) is 0.400. The van der Waals surface area contributed by atoms with E-state index in [9.17, 15) is 23.2 Å². The fourth-order valence-corrected chi connectivity index (χ4v) is 3.02. The van der Waals surface area contributed by atoms with Gasteiger partial charge in [0, 0.05) is 12.6 Å². The van der Waals surface area contributed by atoms with Crippen molar-refractivity contribution in [2.45, 2.75) is 24.5 Å². The number of aliphatic hydroxyl groups is 1. The van der Waals surface area contributed by atoms with Gasteiger partial charge < -0.3 is 20.6 Å². The number of carbonyl (C=O) groups is 3. The summed E-state index contributed by atoms with van der Waals surface area (Å²) in [7, 11) is 0. The van der Waals surface area contributed by atoms with Crippen LogP contribution in [0.5, 0.6) is 0 Å². The average molecular weight is 339 g/mol. The van der Waals surface area contributed by atoms with E-state index >= 15 is 0 Å². The summed E-state index contributed by atoms with van der Waals surface area (Å²) in [4.78, 5) is 37.5. The van der Waals surface area contributed by atoms with Crippen LogP contribution in [0.2, 0.25) is 0 Å². The molecule has 2 aliphatic rings. The molecule has 2 saturated heterocycles. The monoisotopic (exact) mass is 339 g/mol. The van der Waals surface area contributed by atoms with Crippen LogP contribution in [0.4, 0.5) is 8.78 Å². The van der Waals surface area contributed by atoms with E-state index < -0.39 is 59.7 Å². The van der Waals surface area contributed by atoms with Gasteiger partial charge in [0.05, 0.1) is 12.2 Å².